The zero-order valence-corrected chi connectivity index (χ0v) is 16.9. The van der Waals surface area contributed by atoms with E-state index in [4.69, 9.17) is 15.0 Å². The summed E-state index contributed by atoms with van der Waals surface area (Å²) in [5.41, 5.74) is 3.47. The quantitative estimate of drug-likeness (QED) is 0.420. The third-order valence-electron chi connectivity index (χ3n) is 4.34. The number of hydrogen-bond donors (Lipinski definition) is 3. The van der Waals surface area contributed by atoms with Gasteiger partial charge in [-0.2, -0.15) is 18.3 Å². The van der Waals surface area contributed by atoms with Gasteiger partial charge in [-0.1, -0.05) is 6.07 Å². The maximum atomic E-state index is 12.0. The van der Waals surface area contributed by atoms with Crippen molar-refractivity contribution in [3.8, 4) is 16.9 Å². The van der Waals surface area contributed by atoms with E-state index in [0.29, 0.717) is 5.69 Å². The van der Waals surface area contributed by atoms with Crippen LogP contribution in [0, 0.1) is 0 Å². The fourth-order valence-electron chi connectivity index (χ4n) is 2.82. The molecule has 9 nitrogen and oxygen atoms in total. The van der Waals surface area contributed by atoms with E-state index in [9.17, 15) is 18.0 Å². The first kappa shape index (κ1) is 23.5. The van der Waals surface area contributed by atoms with Gasteiger partial charge in [0.05, 0.1) is 6.61 Å². The number of fused-ring (bicyclic) bond motifs is 1. The molecule has 1 amide bonds. The van der Waals surface area contributed by atoms with Crippen molar-refractivity contribution in [2.24, 2.45) is 0 Å². The predicted octanol–water partition coefficient (Wildman–Crippen LogP) is 2.54. The van der Waals surface area contributed by atoms with Crippen molar-refractivity contribution < 1.29 is 33.0 Å². The largest absolute Gasteiger partial charge is 0.490 e. The number of alkyl halides is 3. The van der Waals surface area contributed by atoms with Gasteiger partial charge in [0.25, 0.3) is 5.91 Å². The Hall–Kier alpha value is -4.19. The van der Waals surface area contributed by atoms with E-state index in [2.05, 4.69) is 21.5 Å². The number of aromatic nitrogens is 4. The van der Waals surface area contributed by atoms with E-state index >= 15 is 0 Å². The van der Waals surface area contributed by atoms with Crippen molar-refractivity contribution in [1.82, 2.24) is 24.5 Å². The molecular formula is C21H18F3N5O4. The van der Waals surface area contributed by atoms with Crippen LogP contribution in [0.15, 0.2) is 67.3 Å². The lowest BCUT2D eigenvalue weighted by atomic mass is 10.1. The van der Waals surface area contributed by atoms with Crippen molar-refractivity contribution in [1.29, 1.82) is 0 Å². The van der Waals surface area contributed by atoms with Crippen LogP contribution in [0.4, 0.5) is 13.2 Å². The highest BCUT2D eigenvalue weighted by molar-refractivity contribution is 5.92. The van der Waals surface area contributed by atoms with Gasteiger partial charge in [-0.25, -0.2) is 9.48 Å². The molecule has 0 saturated heterocycles. The Morgan fingerprint density at radius 2 is 1.67 bits per heavy atom. The first-order valence-corrected chi connectivity index (χ1v) is 9.47. The zero-order valence-electron chi connectivity index (χ0n) is 16.9. The number of nitrogens with zero attached hydrogens (tertiary/aromatic N) is 4. The number of rotatable bonds is 5. The van der Waals surface area contributed by atoms with Crippen LogP contribution < -0.4 is 5.32 Å². The summed E-state index contributed by atoms with van der Waals surface area (Å²) in [5.74, 6) is -2.24. The smallest absolute Gasteiger partial charge is 0.475 e. The minimum atomic E-state index is -5.08. The number of amides is 1. The van der Waals surface area contributed by atoms with E-state index in [0.717, 1.165) is 22.5 Å². The molecule has 4 rings (SSSR count). The Morgan fingerprint density at radius 1 is 1.00 bits per heavy atom. The van der Waals surface area contributed by atoms with E-state index in [1.165, 1.54) is 0 Å². The lowest BCUT2D eigenvalue weighted by molar-refractivity contribution is -0.192. The SMILES string of the molecule is O=C(NCCO)c1ccn(-c2ccc3ccc(-c4ccncc4)cn23)n1.O=C(O)C(F)(F)F. The summed E-state index contributed by atoms with van der Waals surface area (Å²) >= 11 is 0. The highest BCUT2D eigenvalue weighted by Gasteiger charge is 2.38. The van der Waals surface area contributed by atoms with Crippen molar-refractivity contribution in [2.45, 2.75) is 6.18 Å². The topological polar surface area (TPSA) is 122 Å². The molecule has 172 valence electrons. The number of pyridine rings is 2. The summed E-state index contributed by atoms with van der Waals surface area (Å²) in [6.07, 6.45) is 2.23. The molecule has 0 bridgehead atoms. The van der Waals surface area contributed by atoms with Gasteiger partial charge in [0.1, 0.15) is 5.82 Å². The number of carbonyl (C=O) groups is 2. The summed E-state index contributed by atoms with van der Waals surface area (Å²) in [4.78, 5) is 24.9. The molecule has 0 spiro atoms. The summed E-state index contributed by atoms with van der Waals surface area (Å²) < 4.78 is 35.4. The molecule has 0 saturated carbocycles. The lowest BCUT2D eigenvalue weighted by Crippen LogP contribution is -2.26. The molecule has 4 heterocycles. The average Bonchev–Trinajstić information content (AvgIpc) is 3.44. The Kier molecular flexibility index (Phi) is 7.08. The van der Waals surface area contributed by atoms with Crippen molar-refractivity contribution in [2.75, 3.05) is 13.2 Å². The Bertz CT molecular complexity index is 1250. The van der Waals surface area contributed by atoms with Gasteiger partial charge in [0.15, 0.2) is 5.69 Å². The van der Waals surface area contributed by atoms with Crippen LogP contribution in [0.3, 0.4) is 0 Å². The Balaban J connectivity index is 0.000000383. The van der Waals surface area contributed by atoms with Crippen molar-refractivity contribution in [3.05, 3.63) is 72.9 Å². The minimum absolute atomic E-state index is 0.104. The zero-order chi connectivity index (χ0) is 24.0. The summed E-state index contributed by atoms with van der Waals surface area (Å²) in [6, 6.07) is 13.6. The molecule has 4 aromatic rings. The number of aliphatic hydroxyl groups excluding tert-OH is 1. The van der Waals surface area contributed by atoms with Crippen LogP contribution in [0.2, 0.25) is 0 Å². The molecule has 0 aromatic carbocycles. The maximum Gasteiger partial charge on any atom is 0.490 e. The van der Waals surface area contributed by atoms with Gasteiger partial charge >= 0.3 is 12.1 Å². The van der Waals surface area contributed by atoms with Crippen molar-refractivity contribution >= 4 is 17.4 Å². The van der Waals surface area contributed by atoms with Crippen LogP contribution in [-0.2, 0) is 4.79 Å². The van der Waals surface area contributed by atoms with E-state index < -0.39 is 12.1 Å². The van der Waals surface area contributed by atoms with Gasteiger partial charge in [-0.3, -0.25) is 9.78 Å². The molecule has 0 aliphatic rings. The van der Waals surface area contributed by atoms with Crippen LogP contribution in [0.5, 0.6) is 0 Å². The third kappa shape index (κ3) is 5.74. The van der Waals surface area contributed by atoms with Crippen LogP contribution in [0.1, 0.15) is 10.5 Å². The second-order valence-corrected chi connectivity index (χ2v) is 6.57. The Labute approximate surface area is 184 Å². The summed E-state index contributed by atoms with van der Waals surface area (Å²) in [7, 11) is 0. The third-order valence-corrected chi connectivity index (χ3v) is 4.34. The number of aliphatic hydroxyl groups is 1. The molecular weight excluding hydrogens is 443 g/mol. The Morgan fingerprint density at radius 3 is 2.30 bits per heavy atom. The number of carbonyl (C=O) groups excluding carboxylic acids is 1. The van der Waals surface area contributed by atoms with Gasteiger partial charge in [-0.15, -0.1) is 0 Å². The molecule has 0 unspecified atom stereocenters. The summed E-state index contributed by atoms with van der Waals surface area (Å²) in [5, 5.41) is 22.9. The average molecular weight is 461 g/mol. The summed E-state index contributed by atoms with van der Waals surface area (Å²) in [6.45, 7) is 0.0998. The van der Waals surface area contributed by atoms with Gasteiger partial charge in [-0.05, 0) is 47.5 Å². The molecule has 0 fully saturated rings. The highest BCUT2D eigenvalue weighted by atomic mass is 19.4. The first-order chi connectivity index (χ1) is 15.7. The molecule has 0 aliphatic carbocycles. The lowest BCUT2D eigenvalue weighted by Gasteiger charge is -2.07. The fraction of sp³-hybridized carbons (Fsp3) is 0.143. The van der Waals surface area contributed by atoms with E-state index in [1.54, 1.807) is 29.3 Å². The molecule has 33 heavy (non-hydrogen) atoms. The predicted molar refractivity (Wildman–Crippen MR) is 111 cm³/mol. The van der Waals surface area contributed by atoms with E-state index in [-0.39, 0.29) is 19.1 Å². The maximum absolute atomic E-state index is 12.0. The standard InChI is InChI=1S/C19H17N5O2.C2HF3O2/c25-12-10-21-19(26)17-7-11-24(22-17)18-4-3-16-2-1-15(13-23(16)18)14-5-8-20-9-6-14;3-2(4,5)1(6)7/h1-9,11,13,25H,10,12H2,(H,21,26);(H,6,7). The number of carboxylic acid groups (broad SMARTS) is 1. The fourth-order valence-corrected chi connectivity index (χ4v) is 2.82. The van der Waals surface area contributed by atoms with Gasteiger partial charge in [0, 0.05) is 36.8 Å². The molecule has 0 aliphatic heterocycles. The minimum Gasteiger partial charge on any atom is -0.475 e. The van der Waals surface area contributed by atoms with Crippen LogP contribution in [0.25, 0.3) is 22.5 Å². The first-order valence-electron chi connectivity index (χ1n) is 9.47. The molecule has 12 heteroatoms. The van der Waals surface area contributed by atoms with Crippen LogP contribution in [-0.4, -0.2) is 60.6 Å². The molecule has 0 radical (unpaired) electrons. The number of hydrogen-bond acceptors (Lipinski definition) is 5. The van der Waals surface area contributed by atoms with Crippen LogP contribution >= 0.6 is 0 Å². The van der Waals surface area contributed by atoms with Gasteiger partial charge in [0.2, 0.25) is 0 Å². The number of aliphatic carboxylic acids is 1. The second-order valence-electron chi connectivity index (χ2n) is 6.57. The normalized spacial score (nSPS) is 11.0. The molecule has 4 aromatic heterocycles. The second kappa shape index (κ2) is 9.96. The van der Waals surface area contributed by atoms with E-state index in [1.807, 2.05) is 40.9 Å². The highest BCUT2D eigenvalue weighted by Crippen LogP contribution is 2.22. The number of halogens is 3. The number of carboxylic acids is 1. The molecule has 3 N–H and O–H groups in total. The van der Waals surface area contributed by atoms with Crippen molar-refractivity contribution in [3.63, 3.8) is 0 Å². The monoisotopic (exact) mass is 461 g/mol. The van der Waals surface area contributed by atoms with Gasteiger partial charge < -0.3 is 19.9 Å². The molecule has 0 atom stereocenters. The number of nitrogens with one attached hydrogen (secondary N) is 1.